The van der Waals surface area contributed by atoms with E-state index in [0.29, 0.717) is 0 Å². The van der Waals surface area contributed by atoms with Crippen LogP contribution >= 0.6 is 0 Å². The van der Waals surface area contributed by atoms with Crippen LogP contribution in [0.25, 0.3) is 94.5 Å². The lowest BCUT2D eigenvalue weighted by Crippen LogP contribution is -1.96. The van der Waals surface area contributed by atoms with E-state index in [1.807, 2.05) is 24.3 Å². The molecule has 11 rings (SSSR count). The highest BCUT2D eigenvalue weighted by atomic mass is 32.2. The molecule has 1 atom stereocenters. The van der Waals surface area contributed by atoms with Crippen molar-refractivity contribution in [3.05, 3.63) is 206 Å². The molecule has 0 aliphatic carbocycles. The van der Waals surface area contributed by atoms with E-state index in [2.05, 4.69) is 187 Å². The Morgan fingerprint density at radius 2 is 0.965 bits per heavy atom. The van der Waals surface area contributed by atoms with Crippen LogP contribution in [0.3, 0.4) is 0 Å². The largest absolute Gasteiger partial charge is 0.309 e. The van der Waals surface area contributed by atoms with Gasteiger partial charge in [0.25, 0.3) is 0 Å². The minimum Gasteiger partial charge on any atom is -0.309 e. The molecule has 0 radical (unpaired) electrons. The number of nitrogens with zero attached hydrogens (tertiary/aromatic N) is 2. The van der Waals surface area contributed by atoms with Crippen molar-refractivity contribution in [1.29, 1.82) is 0 Å². The topological polar surface area (TPSA) is 34.9 Å². The Balaban J connectivity index is 1.05. The maximum absolute atomic E-state index is 13.9. The molecule has 8 aromatic carbocycles. The predicted molar refractivity (Wildman–Crippen MR) is 236 cm³/mol. The predicted octanol–water partition coefficient (Wildman–Crippen LogP) is 13.7. The van der Waals surface area contributed by atoms with E-state index in [1.54, 1.807) is 0 Å². The van der Waals surface area contributed by atoms with Crippen LogP contribution in [0.4, 0.5) is 0 Å². The normalized spacial score (nSPS) is 13.2. The van der Waals surface area contributed by atoms with Crippen molar-refractivity contribution in [2.75, 3.05) is 0 Å². The monoisotopic (exact) mass is 746 g/mol. The van der Waals surface area contributed by atoms with Gasteiger partial charge in [0.1, 0.15) is 0 Å². The van der Waals surface area contributed by atoms with Crippen LogP contribution in [0.2, 0.25) is 0 Å². The summed E-state index contributed by atoms with van der Waals surface area (Å²) in [5, 5.41) is 2.36. The van der Waals surface area contributed by atoms with Gasteiger partial charge < -0.3 is 4.57 Å². The van der Waals surface area contributed by atoms with Crippen molar-refractivity contribution in [3.8, 4) is 72.7 Å². The zero-order chi connectivity index (χ0) is 37.9. The Morgan fingerprint density at radius 1 is 0.368 bits per heavy atom. The number of benzene rings is 8. The number of aromatic nitrogens is 2. The van der Waals surface area contributed by atoms with Crippen molar-refractivity contribution in [1.82, 2.24) is 9.55 Å². The summed E-state index contributed by atoms with van der Waals surface area (Å²) < 4.78 is 16.2. The first-order valence-electron chi connectivity index (χ1n) is 19.2. The Kier molecular flexibility index (Phi) is 7.90. The molecule has 1 unspecified atom stereocenters. The summed E-state index contributed by atoms with van der Waals surface area (Å²) in [6.07, 6.45) is 0. The second kappa shape index (κ2) is 13.6. The van der Waals surface area contributed by atoms with Crippen LogP contribution < -0.4 is 0 Å². The zero-order valence-corrected chi connectivity index (χ0v) is 31.7. The van der Waals surface area contributed by atoms with Gasteiger partial charge in [0.15, 0.2) is 0 Å². The van der Waals surface area contributed by atoms with Gasteiger partial charge in [0.05, 0.1) is 43.0 Å². The van der Waals surface area contributed by atoms with E-state index in [9.17, 15) is 4.21 Å². The summed E-state index contributed by atoms with van der Waals surface area (Å²) in [7, 11) is -1.24. The van der Waals surface area contributed by atoms with Gasteiger partial charge in [0.2, 0.25) is 0 Å². The minimum absolute atomic E-state index is 0.882. The molecule has 3 nitrogen and oxygen atoms in total. The van der Waals surface area contributed by atoms with Gasteiger partial charge in [-0.1, -0.05) is 158 Å². The maximum Gasteiger partial charge on any atom is 0.0868 e. The van der Waals surface area contributed by atoms with E-state index < -0.39 is 10.8 Å². The van der Waals surface area contributed by atoms with Gasteiger partial charge in [-0.25, -0.2) is 9.19 Å². The third-order valence-electron chi connectivity index (χ3n) is 11.2. The molecule has 0 N–H and O–H groups in total. The Bertz CT molecular complexity index is 3140. The molecule has 4 heteroatoms. The Morgan fingerprint density at radius 3 is 1.81 bits per heavy atom. The van der Waals surface area contributed by atoms with Crippen LogP contribution in [-0.2, 0) is 10.8 Å². The molecule has 1 aliphatic heterocycles. The highest BCUT2D eigenvalue weighted by Crippen LogP contribution is 2.46. The molecule has 2 aromatic heterocycles. The lowest BCUT2D eigenvalue weighted by atomic mass is 9.94. The third kappa shape index (κ3) is 5.56. The van der Waals surface area contributed by atoms with Crippen LogP contribution in [-0.4, -0.2) is 13.8 Å². The fourth-order valence-corrected chi connectivity index (χ4v) is 10.1. The maximum atomic E-state index is 13.9. The highest BCUT2D eigenvalue weighted by molar-refractivity contribution is 7.86. The molecule has 10 aromatic rings. The molecule has 0 amide bonds. The van der Waals surface area contributed by atoms with Crippen LogP contribution in [0.15, 0.2) is 216 Å². The molecular weight excluding hydrogens is 713 g/mol. The molecule has 1 aliphatic rings. The van der Waals surface area contributed by atoms with Crippen molar-refractivity contribution < 1.29 is 4.21 Å². The van der Waals surface area contributed by atoms with E-state index >= 15 is 0 Å². The van der Waals surface area contributed by atoms with Crippen molar-refractivity contribution in [2.45, 2.75) is 9.79 Å². The average molecular weight is 747 g/mol. The molecule has 57 heavy (non-hydrogen) atoms. The third-order valence-corrected chi connectivity index (χ3v) is 12.7. The number of para-hydroxylation sites is 1. The van der Waals surface area contributed by atoms with E-state index in [0.717, 1.165) is 93.5 Å². The number of fused-ring (bicyclic) bond motifs is 6. The number of hydrogen-bond acceptors (Lipinski definition) is 2. The summed E-state index contributed by atoms with van der Waals surface area (Å²) in [6.45, 7) is 0. The molecule has 0 saturated heterocycles. The lowest BCUT2D eigenvalue weighted by Gasteiger charge is -2.14. The Hall–Kier alpha value is -7.14. The second-order valence-electron chi connectivity index (χ2n) is 14.5. The van der Waals surface area contributed by atoms with Crippen LogP contribution in [0.1, 0.15) is 0 Å². The van der Waals surface area contributed by atoms with Gasteiger partial charge in [0, 0.05) is 33.2 Å². The van der Waals surface area contributed by atoms with Crippen molar-refractivity contribution >= 4 is 32.6 Å². The van der Waals surface area contributed by atoms with Gasteiger partial charge in [-0.2, -0.15) is 0 Å². The standard InChI is InChI=1S/C53H34N2OS/c56-57-52-28-12-10-24-45(52)46-26-14-25-42(53(46)57)37-19-13-20-40(31-37)55-50-27-11-9-23-44(50)47-32-38(29-30-51(47)55)41-21-7-8-22-43(41)49-34-39(35-15-3-1-4-16-35)33-48(54-49)36-17-5-2-6-18-36/h1-34H. The minimum atomic E-state index is -1.24. The number of pyridine rings is 1. The number of rotatable bonds is 6. The lowest BCUT2D eigenvalue weighted by molar-refractivity contribution is 0.685. The van der Waals surface area contributed by atoms with Gasteiger partial charge >= 0.3 is 0 Å². The molecule has 0 bridgehead atoms. The summed E-state index contributed by atoms with van der Waals surface area (Å²) in [4.78, 5) is 7.06. The highest BCUT2D eigenvalue weighted by Gasteiger charge is 2.28. The quantitative estimate of drug-likeness (QED) is 0.170. The first-order chi connectivity index (χ1) is 28.2. The van der Waals surface area contributed by atoms with Crippen molar-refractivity contribution in [2.24, 2.45) is 0 Å². The Labute approximate surface area is 333 Å². The molecule has 0 saturated carbocycles. The summed E-state index contributed by atoms with van der Waals surface area (Å²) >= 11 is 0. The molecule has 268 valence electrons. The van der Waals surface area contributed by atoms with E-state index in [-0.39, 0.29) is 0 Å². The van der Waals surface area contributed by atoms with E-state index in [4.69, 9.17) is 4.98 Å². The van der Waals surface area contributed by atoms with E-state index in [1.165, 1.54) is 10.8 Å². The fourth-order valence-electron chi connectivity index (χ4n) is 8.55. The van der Waals surface area contributed by atoms with Crippen LogP contribution in [0.5, 0.6) is 0 Å². The first kappa shape index (κ1) is 33.2. The van der Waals surface area contributed by atoms with Gasteiger partial charge in [-0.05, 0) is 87.5 Å². The molecule has 0 spiro atoms. The average Bonchev–Trinajstić information content (AvgIpc) is 3.78. The summed E-state index contributed by atoms with van der Waals surface area (Å²) in [5.41, 5.74) is 16.1. The summed E-state index contributed by atoms with van der Waals surface area (Å²) in [5.74, 6) is 0. The fraction of sp³-hybridized carbons (Fsp3) is 0. The molecular formula is C53H34N2OS. The number of hydrogen-bond donors (Lipinski definition) is 0. The first-order valence-corrected chi connectivity index (χ1v) is 20.4. The SMILES string of the molecule is O=S1c2ccccc2-c2cccc(-c3cccc(-n4c5ccccc5c5cc(-c6ccccc6-c6cc(-c7ccccc7)cc(-c7ccccc7)n6)ccc54)c3)c21. The van der Waals surface area contributed by atoms with Gasteiger partial charge in [-0.15, -0.1) is 0 Å². The van der Waals surface area contributed by atoms with Crippen molar-refractivity contribution in [3.63, 3.8) is 0 Å². The van der Waals surface area contributed by atoms with Gasteiger partial charge in [-0.3, -0.25) is 0 Å². The molecule has 3 heterocycles. The second-order valence-corrected chi connectivity index (χ2v) is 15.9. The summed E-state index contributed by atoms with van der Waals surface area (Å²) in [6, 6.07) is 72.4. The zero-order valence-electron chi connectivity index (χ0n) is 30.8. The van der Waals surface area contributed by atoms with Crippen LogP contribution in [0, 0.1) is 0 Å². The molecule has 0 fully saturated rings. The smallest absolute Gasteiger partial charge is 0.0868 e.